The van der Waals surface area contributed by atoms with E-state index in [1.807, 2.05) is 20.9 Å². The van der Waals surface area contributed by atoms with Crippen molar-refractivity contribution < 1.29 is 14.3 Å². The lowest BCUT2D eigenvalue weighted by Crippen LogP contribution is -2.03. The summed E-state index contributed by atoms with van der Waals surface area (Å²) in [7, 11) is 4.96. The van der Waals surface area contributed by atoms with E-state index in [2.05, 4.69) is 30.8 Å². The maximum atomic E-state index is 12.5. The molecule has 158 valence electrons. The number of hydrogen-bond donors (Lipinski definition) is 2. The van der Waals surface area contributed by atoms with Crippen molar-refractivity contribution in [3.05, 3.63) is 40.7 Å². The largest absolute Gasteiger partial charge is 0.493 e. The summed E-state index contributed by atoms with van der Waals surface area (Å²) in [5.41, 5.74) is 6.18. The number of hydrogen-bond acceptors (Lipinski definition) is 9. The molecule has 0 saturated carbocycles. The number of rotatable bonds is 9. The number of carbonyl (C=O) groups excluding carboxylic acids is 1. The lowest BCUT2D eigenvalue weighted by molar-refractivity contribution is 0.102. The number of Topliss-reactive ketones (excluding diaryl/α,β-unsaturated/α-hetero) is 1. The molecular formula is C19H23N7O3S. The number of nitrogens with one attached hydrogen (secondary N) is 2. The van der Waals surface area contributed by atoms with Crippen LogP contribution in [0.2, 0.25) is 0 Å². The summed E-state index contributed by atoms with van der Waals surface area (Å²) in [6.45, 7) is 3.90. The molecule has 0 unspecified atom stereocenters. The van der Waals surface area contributed by atoms with Crippen LogP contribution in [0.1, 0.15) is 27.3 Å². The molecule has 0 saturated heterocycles. The van der Waals surface area contributed by atoms with Gasteiger partial charge in [0.1, 0.15) is 0 Å². The second-order valence-corrected chi connectivity index (χ2v) is 7.27. The van der Waals surface area contributed by atoms with E-state index in [1.54, 1.807) is 36.2 Å². The fourth-order valence-corrected chi connectivity index (χ4v) is 3.41. The Balaban J connectivity index is 1.56. The maximum Gasteiger partial charge on any atom is 0.240 e. The minimum atomic E-state index is -0.0687. The number of ether oxygens (including phenoxy) is 2. The number of aryl methyl sites for hydroxylation is 2. The Kier molecular flexibility index (Phi) is 6.72. The quantitative estimate of drug-likeness (QED) is 0.231. The van der Waals surface area contributed by atoms with Gasteiger partial charge in [-0.25, -0.2) is 10.5 Å². The normalized spacial score (nSPS) is 11.1. The smallest absolute Gasteiger partial charge is 0.240 e. The standard InChI is InChI=1S/C19H23N7O3S/c1-11-14(12(2)26(3)25-11)9-20-22-18-21-19(24-23-18)30-10-15(27)13-6-7-16(28-4)17(8-13)29-5/h6-9H,10H2,1-5H3,(H2,21,22,23,24)/b20-9-. The number of H-pyrrole nitrogens is 1. The number of ketones is 1. The molecule has 1 aromatic carbocycles. The molecule has 0 spiro atoms. The molecule has 10 nitrogen and oxygen atoms in total. The zero-order valence-electron chi connectivity index (χ0n) is 17.4. The molecule has 2 heterocycles. The van der Waals surface area contributed by atoms with Crippen molar-refractivity contribution in [2.24, 2.45) is 12.1 Å². The van der Waals surface area contributed by atoms with E-state index >= 15 is 0 Å². The molecule has 0 radical (unpaired) electrons. The Bertz CT molecular complexity index is 1070. The second kappa shape index (κ2) is 9.44. The van der Waals surface area contributed by atoms with E-state index in [-0.39, 0.29) is 11.5 Å². The Morgan fingerprint density at radius 3 is 2.73 bits per heavy atom. The molecule has 2 N–H and O–H groups in total. The minimum Gasteiger partial charge on any atom is -0.493 e. The van der Waals surface area contributed by atoms with E-state index < -0.39 is 0 Å². The number of benzene rings is 1. The van der Waals surface area contributed by atoms with Crippen LogP contribution < -0.4 is 14.9 Å². The molecule has 2 aromatic heterocycles. The molecule has 0 atom stereocenters. The zero-order chi connectivity index (χ0) is 21.7. The van der Waals surface area contributed by atoms with E-state index in [1.165, 1.54) is 18.9 Å². The molecule has 0 amide bonds. The van der Waals surface area contributed by atoms with Gasteiger partial charge < -0.3 is 9.47 Å². The number of nitrogens with zero attached hydrogens (tertiary/aromatic N) is 5. The monoisotopic (exact) mass is 429 g/mol. The summed E-state index contributed by atoms with van der Waals surface area (Å²) < 4.78 is 12.2. The summed E-state index contributed by atoms with van der Waals surface area (Å²) in [5.74, 6) is 1.58. The second-order valence-electron chi connectivity index (χ2n) is 6.33. The van der Waals surface area contributed by atoms with Gasteiger partial charge in [0.2, 0.25) is 11.1 Å². The van der Waals surface area contributed by atoms with Crippen molar-refractivity contribution in [3.8, 4) is 11.5 Å². The highest BCUT2D eigenvalue weighted by molar-refractivity contribution is 7.99. The van der Waals surface area contributed by atoms with Gasteiger partial charge in [-0.2, -0.15) is 15.2 Å². The van der Waals surface area contributed by atoms with E-state index in [0.29, 0.717) is 28.2 Å². The fourth-order valence-electron chi connectivity index (χ4n) is 2.72. The summed E-state index contributed by atoms with van der Waals surface area (Å²) in [4.78, 5) is 16.7. The summed E-state index contributed by atoms with van der Waals surface area (Å²) in [5, 5.41) is 15.8. The number of methoxy groups -OCH3 is 2. The van der Waals surface area contributed by atoms with Crippen LogP contribution in [-0.4, -0.2) is 56.9 Å². The van der Waals surface area contributed by atoms with Crippen molar-refractivity contribution in [3.63, 3.8) is 0 Å². The van der Waals surface area contributed by atoms with Gasteiger partial charge in [-0.1, -0.05) is 11.8 Å². The van der Waals surface area contributed by atoms with Crippen LogP contribution in [0, 0.1) is 13.8 Å². The van der Waals surface area contributed by atoms with E-state index in [0.717, 1.165) is 17.0 Å². The van der Waals surface area contributed by atoms with Gasteiger partial charge in [-0.15, -0.1) is 5.10 Å². The summed E-state index contributed by atoms with van der Waals surface area (Å²) >= 11 is 1.23. The van der Waals surface area contributed by atoms with Crippen LogP contribution in [0.15, 0.2) is 28.5 Å². The highest BCUT2D eigenvalue weighted by Crippen LogP contribution is 2.28. The van der Waals surface area contributed by atoms with E-state index in [4.69, 9.17) is 9.47 Å². The predicted molar refractivity (Wildman–Crippen MR) is 115 cm³/mol. The van der Waals surface area contributed by atoms with Gasteiger partial charge in [-0.3, -0.25) is 9.48 Å². The third-order valence-corrected chi connectivity index (χ3v) is 5.28. The predicted octanol–water partition coefficient (Wildman–Crippen LogP) is 2.59. The molecular weight excluding hydrogens is 406 g/mol. The number of hydrazone groups is 1. The van der Waals surface area contributed by atoms with Gasteiger partial charge in [0.25, 0.3) is 0 Å². The molecule has 30 heavy (non-hydrogen) atoms. The first kappa shape index (κ1) is 21.4. The third-order valence-electron chi connectivity index (χ3n) is 4.43. The molecule has 3 rings (SSSR count). The number of carbonyl (C=O) groups is 1. The first-order valence-corrected chi connectivity index (χ1v) is 10.0. The van der Waals surface area contributed by atoms with Gasteiger partial charge in [0.15, 0.2) is 17.3 Å². The Morgan fingerprint density at radius 2 is 2.07 bits per heavy atom. The third kappa shape index (κ3) is 4.79. The first-order valence-electron chi connectivity index (χ1n) is 9.02. The number of aromatic amines is 1. The Morgan fingerprint density at radius 1 is 1.30 bits per heavy atom. The number of aromatic nitrogens is 5. The van der Waals surface area contributed by atoms with Crippen molar-refractivity contribution >= 4 is 29.7 Å². The minimum absolute atomic E-state index is 0.0687. The van der Waals surface area contributed by atoms with E-state index in [9.17, 15) is 4.79 Å². The van der Waals surface area contributed by atoms with Crippen LogP contribution in [0.3, 0.4) is 0 Å². The zero-order valence-corrected chi connectivity index (χ0v) is 18.2. The van der Waals surface area contributed by atoms with Crippen molar-refractivity contribution in [1.82, 2.24) is 25.0 Å². The summed E-state index contributed by atoms with van der Waals surface area (Å²) in [6.07, 6.45) is 1.69. The fraction of sp³-hybridized carbons (Fsp3) is 0.316. The molecule has 3 aromatic rings. The SMILES string of the molecule is COc1ccc(C(=O)CSc2n[nH]c(N/N=C\c3c(C)nn(C)c3C)n2)cc1OC. The van der Waals surface area contributed by atoms with Crippen LogP contribution in [0.5, 0.6) is 11.5 Å². The summed E-state index contributed by atoms with van der Waals surface area (Å²) in [6, 6.07) is 5.06. The number of anilines is 1. The lowest BCUT2D eigenvalue weighted by Gasteiger charge is -2.08. The lowest BCUT2D eigenvalue weighted by atomic mass is 10.1. The average Bonchev–Trinajstić information content (AvgIpc) is 3.30. The highest BCUT2D eigenvalue weighted by atomic mass is 32.2. The van der Waals surface area contributed by atoms with Crippen LogP contribution in [0.4, 0.5) is 5.95 Å². The van der Waals surface area contributed by atoms with Gasteiger partial charge in [0, 0.05) is 23.9 Å². The van der Waals surface area contributed by atoms with Gasteiger partial charge in [0.05, 0.1) is 31.9 Å². The first-order chi connectivity index (χ1) is 14.4. The Hall–Kier alpha value is -3.34. The topological polar surface area (TPSA) is 119 Å². The van der Waals surface area contributed by atoms with Gasteiger partial charge >= 0.3 is 0 Å². The molecule has 0 aliphatic rings. The molecule has 0 aliphatic carbocycles. The van der Waals surface area contributed by atoms with Crippen molar-refractivity contribution in [2.75, 3.05) is 25.4 Å². The van der Waals surface area contributed by atoms with Crippen LogP contribution >= 0.6 is 11.8 Å². The van der Waals surface area contributed by atoms with Crippen molar-refractivity contribution in [1.29, 1.82) is 0 Å². The van der Waals surface area contributed by atoms with Crippen LogP contribution in [0.25, 0.3) is 0 Å². The highest BCUT2D eigenvalue weighted by Gasteiger charge is 2.13. The van der Waals surface area contributed by atoms with Crippen molar-refractivity contribution in [2.45, 2.75) is 19.0 Å². The molecule has 0 aliphatic heterocycles. The molecule has 0 bridgehead atoms. The molecule has 0 fully saturated rings. The average molecular weight is 430 g/mol. The number of thioether (sulfide) groups is 1. The van der Waals surface area contributed by atoms with Crippen LogP contribution in [-0.2, 0) is 7.05 Å². The maximum absolute atomic E-state index is 12.5. The van der Waals surface area contributed by atoms with Gasteiger partial charge in [-0.05, 0) is 32.0 Å². The Labute approximate surface area is 178 Å². The molecule has 11 heteroatoms.